The molecule has 1 aliphatic rings. The van der Waals surface area contributed by atoms with Crippen molar-refractivity contribution in [1.29, 1.82) is 0 Å². The Hall–Kier alpha value is -1.10. The molecule has 0 bridgehead atoms. The number of hydrogen-bond acceptors (Lipinski definition) is 4. The topological polar surface area (TPSA) is 62.1 Å². The Morgan fingerprint density at radius 2 is 2.27 bits per heavy atom. The van der Waals surface area contributed by atoms with Gasteiger partial charge in [-0.1, -0.05) is 0 Å². The minimum atomic E-state index is -0.481. The fourth-order valence-electron chi connectivity index (χ4n) is 1.26. The van der Waals surface area contributed by atoms with Crippen LogP contribution in [-0.2, 0) is 4.74 Å². The van der Waals surface area contributed by atoms with E-state index in [0.29, 0.717) is 25.3 Å². The molecule has 0 aromatic carbocycles. The Morgan fingerprint density at radius 3 is 2.80 bits per heavy atom. The van der Waals surface area contributed by atoms with Gasteiger partial charge < -0.3 is 14.7 Å². The van der Waals surface area contributed by atoms with Gasteiger partial charge in [-0.3, -0.25) is 4.99 Å². The quantitative estimate of drug-likeness (QED) is 0.698. The molecule has 0 aromatic heterocycles. The molecule has 1 rings (SSSR count). The van der Waals surface area contributed by atoms with Gasteiger partial charge in [0, 0.05) is 6.54 Å². The van der Waals surface area contributed by atoms with Crippen LogP contribution in [0.15, 0.2) is 4.99 Å². The molecule has 15 heavy (non-hydrogen) atoms. The molecule has 0 saturated carbocycles. The predicted molar refractivity (Wildman–Crippen MR) is 57.2 cm³/mol. The molecule has 0 atom stereocenters. The zero-order valence-electron chi connectivity index (χ0n) is 9.49. The van der Waals surface area contributed by atoms with Crippen LogP contribution in [0.4, 0.5) is 4.79 Å². The van der Waals surface area contributed by atoms with Gasteiger partial charge in [0.25, 0.3) is 0 Å². The molecular formula is C10H18N2O3. The maximum atomic E-state index is 11.6. The van der Waals surface area contributed by atoms with Crippen LogP contribution in [0.2, 0.25) is 0 Å². The van der Waals surface area contributed by atoms with E-state index in [9.17, 15) is 4.79 Å². The third kappa shape index (κ3) is 3.87. The first kappa shape index (κ1) is 12.0. The Bertz CT molecular complexity index is 268. The third-order valence-electron chi connectivity index (χ3n) is 1.91. The number of carbonyl (C=O) groups is 1. The first-order chi connectivity index (χ1) is 6.92. The van der Waals surface area contributed by atoms with E-state index in [1.807, 2.05) is 20.8 Å². The molecule has 86 valence electrons. The van der Waals surface area contributed by atoms with Crippen molar-refractivity contribution in [1.82, 2.24) is 4.90 Å². The summed E-state index contributed by atoms with van der Waals surface area (Å²) in [4.78, 5) is 17.3. The van der Waals surface area contributed by atoms with E-state index in [0.717, 1.165) is 0 Å². The Labute approximate surface area is 89.7 Å². The number of amides is 1. The lowest BCUT2D eigenvalue weighted by Crippen LogP contribution is -2.44. The zero-order valence-corrected chi connectivity index (χ0v) is 9.49. The summed E-state index contributed by atoms with van der Waals surface area (Å²) >= 11 is 0. The molecule has 1 N–H and O–H groups in total. The number of aliphatic hydroxyl groups is 1. The van der Waals surface area contributed by atoms with Gasteiger partial charge in [-0.15, -0.1) is 0 Å². The minimum absolute atomic E-state index is 0.0979. The van der Waals surface area contributed by atoms with Crippen molar-refractivity contribution in [3.8, 4) is 0 Å². The SMILES string of the molecule is CC(C)(C)OC(=O)N1CCN=C(CO)C1. The minimum Gasteiger partial charge on any atom is -0.444 e. The van der Waals surface area contributed by atoms with Crippen LogP contribution in [-0.4, -0.2) is 53.7 Å². The van der Waals surface area contributed by atoms with E-state index in [-0.39, 0.29) is 12.7 Å². The Kier molecular flexibility index (Phi) is 3.68. The highest BCUT2D eigenvalue weighted by Crippen LogP contribution is 2.11. The second-order valence-corrected chi connectivity index (χ2v) is 4.51. The average molecular weight is 214 g/mol. The molecule has 0 unspecified atom stereocenters. The lowest BCUT2D eigenvalue weighted by molar-refractivity contribution is 0.0276. The highest BCUT2D eigenvalue weighted by atomic mass is 16.6. The van der Waals surface area contributed by atoms with Gasteiger partial charge in [-0.25, -0.2) is 4.79 Å². The molecule has 0 spiro atoms. The van der Waals surface area contributed by atoms with Crippen molar-refractivity contribution < 1.29 is 14.6 Å². The van der Waals surface area contributed by atoms with Gasteiger partial charge in [0.15, 0.2) is 0 Å². The highest BCUT2D eigenvalue weighted by Gasteiger charge is 2.24. The number of hydrogen-bond donors (Lipinski definition) is 1. The van der Waals surface area contributed by atoms with E-state index in [1.54, 1.807) is 4.90 Å². The summed E-state index contributed by atoms with van der Waals surface area (Å²) in [5.41, 5.74) is 0.150. The first-order valence-electron chi connectivity index (χ1n) is 5.03. The predicted octanol–water partition coefficient (Wildman–Crippen LogP) is 0.670. The van der Waals surface area contributed by atoms with Gasteiger partial charge in [0.2, 0.25) is 0 Å². The number of carbonyl (C=O) groups excluding carboxylic acids is 1. The summed E-state index contributed by atoms with van der Waals surface area (Å²) in [6.45, 7) is 6.85. The van der Waals surface area contributed by atoms with E-state index in [2.05, 4.69) is 4.99 Å². The number of rotatable bonds is 1. The zero-order chi connectivity index (χ0) is 11.5. The Balaban J connectivity index is 2.52. The van der Waals surface area contributed by atoms with Crippen LogP contribution >= 0.6 is 0 Å². The fourth-order valence-corrected chi connectivity index (χ4v) is 1.26. The second kappa shape index (κ2) is 4.61. The highest BCUT2D eigenvalue weighted by molar-refractivity contribution is 5.90. The van der Waals surface area contributed by atoms with Crippen molar-refractivity contribution >= 4 is 11.8 Å². The van der Waals surface area contributed by atoms with Gasteiger partial charge in [-0.05, 0) is 20.8 Å². The fraction of sp³-hybridized carbons (Fsp3) is 0.800. The first-order valence-corrected chi connectivity index (χ1v) is 5.03. The molecule has 1 amide bonds. The summed E-state index contributed by atoms with van der Waals surface area (Å²) in [6.07, 6.45) is -0.344. The smallest absolute Gasteiger partial charge is 0.410 e. The maximum Gasteiger partial charge on any atom is 0.410 e. The molecule has 0 fully saturated rings. The summed E-state index contributed by atoms with van der Waals surface area (Å²) in [6, 6.07) is 0. The summed E-state index contributed by atoms with van der Waals surface area (Å²) < 4.78 is 5.22. The lowest BCUT2D eigenvalue weighted by Gasteiger charge is -2.29. The van der Waals surface area contributed by atoms with Crippen LogP contribution in [0.3, 0.4) is 0 Å². The monoisotopic (exact) mass is 214 g/mol. The van der Waals surface area contributed by atoms with Gasteiger partial charge in [0.1, 0.15) is 5.60 Å². The molecule has 0 aliphatic carbocycles. The molecule has 0 aromatic rings. The van der Waals surface area contributed by atoms with E-state index in [4.69, 9.17) is 9.84 Å². The number of aliphatic imine (C=N–C) groups is 1. The maximum absolute atomic E-state index is 11.6. The molecule has 0 saturated heterocycles. The molecule has 1 aliphatic heterocycles. The normalized spacial score (nSPS) is 17.3. The van der Waals surface area contributed by atoms with Gasteiger partial charge in [0.05, 0.1) is 25.4 Å². The van der Waals surface area contributed by atoms with E-state index < -0.39 is 5.60 Å². The van der Waals surface area contributed by atoms with Crippen LogP contribution in [0, 0.1) is 0 Å². The Morgan fingerprint density at radius 1 is 1.60 bits per heavy atom. The van der Waals surface area contributed by atoms with Crippen LogP contribution in [0.5, 0.6) is 0 Å². The van der Waals surface area contributed by atoms with Crippen molar-refractivity contribution in [3.05, 3.63) is 0 Å². The van der Waals surface area contributed by atoms with Crippen LogP contribution < -0.4 is 0 Å². The molecule has 5 heteroatoms. The van der Waals surface area contributed by atoms with Crippen molar-refractivity contribution in [3.63, 3.8) is 0 Å². The number of ether oxygens (including phenoxy) is 1. The van der Waals surface area contributed by atoms with Crippen molar-refractivity contribution in [2.75, 3.05) is 26.2 Å². The van der Waals surface area contributed by atoms with Crippen molar-refractivity contribution in [2.24, 2.45) is 4.99 Å². The van der Waals surface area contributed by atoms with Crippen LogP contribution in [0.1, 0.15) is 20.8 Å². The molecule has 5 nitrogen and oxygen atoms in total. The summed E-state index contributed by atoms with van der Waals surface area (Å²) in [7, 11) is 0. The molecule has 0 radical (unpaired) electrons. The molecule has 1 heterocycles. The average Bonchev–Trinajstić information content (AvgIpc) is 2.15. The lowest BCUT2D eigenvalue weighted by atomic mass is 10.2. The third-order valence-corrected chi connectivity index (χ3v) is 1.91. The largest absolute Gasteiger partial charge is 0.444 e. The molecular weight excluding hydrogens is 196 g/mol. The van der Waals surface area contributed by atoms with E-state index >= 15 is 0 Å². The summed E-state index contributed by atoms with van der Waals surface area (Å²) in [5.74, 6) is 0. The second-order valence-electron chi connectivity index (χ2n) is 4.51. The number of aliphatic hydroxyl groups excluding tert-OH is 1. The van der Waals surface area contributed by atoms with Gasteiger partial charge >= 0.3 is 6.09 Å². The van der Waals surface area contributed by atoms with Crippen molar-refractivity contribution in [2.45, 2.75) is 26.4 Å². The summed E-state index contributed by atoms with van der Waals surface area (Å²) in [5, 5.41) is 8.91. The van der Waals surface area contributed by atoms with E-state index in [1.165, 1.54) is 0 Å². The van der Waals surface area contributed by atoms with Crippen LogP contribution in [0.25, 0.3) is 0 Å². The van der Waals surface area contributed by atoms with Gasteiger partial charge in [-0.2, -0.15) is 0 Å². The number of nitrogens with zero attached hydrogens (tertiary/aromatic N) is 2. The standard InChI is InChI=1S/C10H18N2O3/c1-10(2,3)15-9(14)12-5-4-11-8(6-12)7-13/h13H,4-7H2,1-3H3.